The van der Waals surface area contributed by atoms with Crippen LogP contribution in [0.15, 0.2) is 70.0 Å². The average Bonchev–Trinajstić information content (AvgIpc) is 3.01. The molecule has 1 aliphatic heterocycles. The lowest BCUT2D eigenvalue weighted by molar-refractivity contribution is 0.0970. The molecule has 0 fully saturated rings. The van der Waals surface area contributed by atoms with Crippen LogP contribution in [0.25, 0.3) is 11.0 Å². The molecule has 3 heterocycles. The molecule has 0 bridgehead atoms. The van der Waals surface area contributed by atoms with Crippen molar-refractivity contribution in [2.24, 2.45) is 0 Å². The van der Waals surface area contributed by atoms with Gasteiger partial charge in [-0.05, 0) is 61.4 Å². The second-order valence-corrected chi connectivity index (χ2v) is 7.93. The van der Waals surface area contributed by atoms with Crippen LogP contribution in [0.2, 0.25) is 5.02 Å². The molecule has 6 heteroatoms. The van der Waals surface area contributed by atoms with E-state index in [-0.39, 0.29) is 11.2 Å². The number of hydrogen-bond donors (Lipinski definition) is 0. The number of pyridine rings is 1. The maximum Gasteiger partial charge on any atom is 0.296 e. The molecule has 0 radical (unpaired) electrons. The van der Waals surface area contributed by atoms with E-state index in [0.29, 0.717) is 27.4 Å². The molecule has 5 nitrogen and oxygen atoms in total. The summed E-state index contributed by atoms with van der Waals surface area (Å²) in [7, 11) is 0. The van der Waals surface area contributed by atoms with Crippen molar-refractivity contribution in [1.82, 2.24) is 4.98 Å². The minimum absolute atomic E-state index is 0.0460. The van der Waals surface area contributed by atoms with Gasteiger partial charge >= 0.3 is 0 Å². The SMILES string of the molecule is Cc1ccnc(N2C(=O)c3oc4ccc(C)cc4c(=O)c3C2c2cccc(Cl)c2)c1. The second-order valence-electron chi connectivity index (χ2n) is 7.50. The van der Waals surface area contributed by atoms with Crippen LogP contribution < -0.4 is 10.3 Å². The Hall–Kier alpha value is -3.44. The summed E-state index contributed by atoms with van der Waals surface area (Å²) in [6, 6.07) is 15.5. The van der Waals surface area contributed by atoms with E-state index < -0.39 is 11.9 Å². The van der Waals surface area contributed by atoms with Gasteiger partial charge in [0.25, 0.3) is 5.91 Å². The largest absolute Gasteiger partial charge is 0.450 e. The van der Waals surface area contributed by atoms with E-state index in [0.717, 1.165) is 16.7 Å². The van der Waals surface area contributed by atoms with E-state index in [2.05, 4.69) is 4.98 Å². The van der Waals surface area contributed by atoms with Crippen molar-refractivity contribution in [2.75, 3.05) is 4.90 Å². The summed E-state index contributed by atoms with van der Waals surface area (Å²) in [6.45, 7) is 3.84. The Labute approximate surface area is 177 Å². The molecular weight excluding hydrogens is 400 g/mol. The summed E-state index contributed by atoms with van der Waals surface area (Å²) >= 11 is 6.24. The topological polar surface area (TPSA) is 63.4 Å². The van der Waals surface area contributed by atoms with Crippen molar-refractivity contribution < 1.29 is 9.21 Å². The van der Waals surface area contributed by atoms with Crippen LogP contribution in [0.4, 0.5) is 5.82 Å². The zero-order valence-corrected chi connectivity index (χ0v) is 17.1. The molecule has 0 spiro atoms. The number of rotatable bonds is 2. The third-order valence-electron chi connectivity index (χ3n) is 5.34. The number of benzene rings is 2. The first-order valence-electron chi connectivity index (χ1n) is 9.53. The summed E-state index contributed by atoms with van der Waals surface area (Å²) in [5, 5.41) is 0.971. The fourth-order valence-corrected chi connectivity index (χ4v) is 4.17. The van der Waals surface area contributed by atoms with Crippen LogP contribution in [0, 0.1) is 13.8 Å². The first kappa shape index (κ1) is 18.6. The van der Waals surface area contributed by atoms with Crippen LogP contribution >= 0.6 is 11.6 Å². The zero-order valence-electron chi connectivity index (χ0n) is 16.3. The number of halogens is 1. The van der Waals surface area contributed by atoms with Gasteiger partial charge in [-0.3, -0.25) is 14.5 Å². The van der Waals surface area contributed by atoms with E-state index in [1.54, 1.807) is 36.5 Å². The Morgan fingerprint density at radius 3 is 2.57 bits per heavy atom. The first-order valence-corrected chi connectivity index (χ1v) is 9.91. The van der Waals surface area contributed by atoms with E-state index in [4.69, 9.17) is 16.0 Å². The molecule has 0 saturated heterocycles. The van der Waals surface area contributed by atoms with Crippen molar-refractivity contribution >= 4 is 34.3 Å². The van der Waals surface area contributed by atoms with Gasteiger partial charge in [-0.2, -0.15) is 0 Å². The number of hydrogen-bond acceptors (Lipinski definition) is 4. The quantitative estimate of drug-likeness (QED) is 0.450. The molecule has 4 aromatic rings. The molecule has 0 N–H and O–H groups in total. The minimum Gasteiger partial charge on any atom is -0.450 e. The van der Waals surface area contributed by atoms with Gasteiger partial charge in [0.15, 0.2) is 5.43 Å². The second kappa shape index (κ2) is 6.82. The molecule has 1 amide bonds. The molecule has 2 aromatic carbocycles. The Kier molecular flexibility index (Phi) is 4.22. The molecule has 30 heavy (non-hydrogen) atoms. The van der Waals surface area contributed by atoms with Crippen LogP contribution in [0.5, 0.6) is 0 Å². The number of nitrogens with zero attached hydrogens (tertiary/aromatic N) is 2. The fraction of sp³-hybridized carbons (Fsp3) is 0.125. The number of carbonyl (C=O) groups excluding carboxylic acids is 1. The number of aryl methyl sites for hydroxylation is 2. The maximum absolute atomic E-state index is 13.5. The zero-order chi connectivity index (χ0) is 21.0. The Morgan fingerprint density at radius 2 is 1.80 bits per heavy atom. The Morgan fingerprint density at radius 1 is 1.00 bits per heavy atom. The Bertz CT molecular complexity index is 1390. The van der Waals surface area contributed by atoms with Crippen molar-refractivity contribution in [3.8, 4) is 0 Å². The number of aromatic nitrogens is 1. The molecule has 2 aromatic heterocycles. The van der Waals surface area contributed by atoms with Crippen molar-refractivity contribution in [3.05, 3.63) is 104 Å². The highest BCUT2D eigenvalue weighted by Gasteiger charge is 2.44. The van der Waals surface area contributed by atoms with Gasteiger partial charge in [0.1, 0.15) is 11.4 Å². The first-order chi connectivity index (χ1) is 14.4. The highest BCUT2D eigenvalue weighted by Crippen LogP contribution is 2.41. The maximum atomic E-state index is 13.5. The molecular formula is C24H17ClN2O3. The fourth-order valence-electron chi connectivity index (χ4n) is 3.97. The van der Waals surface area contributed by atoms with Gasteiger partial charge in [0.2, 0.25) is 5.76 Å². The smallest absolute Gasteiger partial charge is 0.296 e. The number of carbonyl (C=O) groups is 1. The lowest BCUT2D eigenvalue weighted by Crippen LogP contribution is -2.30. The minimum atomic E-state index is -0.679. The van der Waals surface area contributed by atoms with Gasteiger partial charge in [0.05, 0.1) is 17.0 Å². The highest BCUT2D eigenvalue weighted by molar-refractivity contribution is 6.30. The van der Waals surface area contributed by atoms with Crippen LogP contribution in [0.3, 0.4) is 0 Å². The van der Waals surface area contributed by atoms with Gasteiger partial charge in [-0.1, -0.05) is 35.4 Å². The molecule has 0 saturated carbocycles. The lowest BCUT2D eigenvalue weighted by Gasteiger charge is -2.24. The monoisotopic (exact) mass is 416 g/mol. The molecule has 1 aliphatic rings. The van der Waals surface area contributed by atoms with Crippen molar-refractivity contribution in [1.29, 1.82) is 0 Å². The van der Waals surface area contributed by atoms with Crippen molar-refractivity contribution in [3.63, 3.8) is 0 Å². The summed E-state index contributed by atoms with van der Waals surface area (Å²) in [6.07, 6.45) is 1.64. The van der Waals surface area contributed by atoms with Gasteiger partial charge in [-0.15, -0.1) is 0 Å². The predicted octanol–water partition coefficient (Wildman–Crippen LogP) is 5.21. The third kappa shape index (κ3) is 2.82. The number of fused-ring (bicyclic) bond motifs is 2. The van der Waals surface area contributed by atoms with Gasteiger partial charge < -0.3 is 4.42 Å². The van der Waals surface area contributed by atoms with Crippen LogP contribution in [-0.4, -0.2) is 10.9 Å². The van der Waals surface area contributed by atoms with E-state index in [1.165, 1.54) is 4.90 Å². The Balaban J connectivity index is 1.84. The third-order valence-corrected chi connectivity index (χ3v) is 5.57. The molecule has 1 atom stereocenters. The summed E-state index contributed by atoms with van der Waals surface area (Å²) in [5.41, 5.74) is 3.09. The standard InChI is InChI=1S/C24H17ClN2O3/c1-13-6-7-18-17(10-13)22(28)20-21(15-4-3-5-16(25)12-15)27(24(29)23(20)30-18)19-11-14(2)8-9-26-19/h3-12,21H,1-2H3. The number of amides is 1. The molecule has 0 aliphatic carbocycles. The van der Waals surface area contributed by atoms with Crippen LogP contribution in [0.1, 0.15) is 38.9 Å². The average molecular weight is 417 g/mol. The molecule has 148 valence electrons. The summed E-state index contributed by atoms with van der Waals surface area (Å²) in [5.74, 6) is 0.105. The van der Waals surface area contributed by atoms with Crippen LogP contribution in [-0.2, 0) is 0 Å². The van der Waals surface area contributed by atoms with Gasteiger partial charge in [0, 0.05) is 11.2 Å². The highest BCUT2D eigenvalue weighted by atomic mass is 35.5. The van der Waals surface area contributed by atoms with Gasteiger partial charge in [-0.25, -0.2) is 4.98 Å². The van der Waals surface area contributed by atoms with E-state index in [1.807, 2.05) is 38.1 Å². The normalized spacial score (nSPS) is 15.6. The number of anilines is 1. The molecule has 1 unspecified atom stereocenters. The predicted molar refractivity (Wildman–Crippen MR) is 116 cm³/mol. The summed E-state index contributed by atoms with van der Waals surface area (Å²) in [4.78, 5) is 32.9. The molecule has 5 rings (SSSR count). The summed E-state index contributed by atoms with van der Waals surface area (Å²) < 4.78 is 5.96. The van der Waals surface area contributed by atoms with Crippen molar-refractivity contribution in [2.45, 2.75) is 19.9 Å². The lowest BCUT2D eigenvalue weighted by atomic mass is 9.98. The van der Waals surface area contributed by atoms with E-state index in [9.17, 15) is 9.59 Å². The van der Waals surface area contributed by atoms with E-state index >= 15 is 0 Å².